The van der Waals surface area contributed by atoms with Crippen LogP contribution in [0.1, 0.15) is 0 Å². The summed E-state index contributed by atoms with van der Waals surface area (Å²) < 4.78 is 0. The first kappa shape index (κ1) is 18.1. The number of rotatable bonds is 2. The minimum absolute atomic E-state index is 0.257. The molecule has 4 rings (SSSR count). The molecule has 4 aromatic rings. The highest BCUT2D eigenvalue weighted by atomic mass is 16.3. The third kappa shape index (κ3) is 5.13. The lowest BCUT2D eigenvalue weighted by Gasteiger charge is -2.01. The minimum Gasteiger partial charge on any atom is -0.508 e. The monoisotopic (exact) mass is 356 g/mol. The van der Waals surface area contributed by atoms with E-state index in [0.717, 1.165) is 16.7 Å². The quantitative estimate of drug-likeness (QED) is 0.424. The van der Waals surface area contributed by atoms with Crippen molar-refractivity contribution in [1.29, 1.82) is 0 Å². The molecule has 0 saturated carbocycles. The van der Waals surface area contributed by atoms with E-state index in [2.05, 4.69) is 0 Å². The van der Waals surface area contributed by atoms with E-state index in [9.17, 15) is 0 Å². The van der Waals surface area contributed by atoms with Crippen LogP contribution in [-0.4, -0.2) is 15.3 Å². The SMILES string of the molecule is Oc1ccc(-c2ccc(O)cc2)cc1.Oc1ccc(-c2ccccc2)cc1. The molecule has 3 N–H and O–H groups in total. The van der Waals surface area contributed by atoms with Gasteiger partial charge in [0.05, 0.1) is 0 Å². The molecular formula is C24H20O3. The van der Waals surface area contributed by atoms with Crippen molar-refractivity contribution in [1.82, 2.24) is 0 Å². The van der Waals surface area contributed by atoms with Crippen LogP contribution in [-0.2, 0) is 0 Å². The van der Waals surface area contributed by atoms with Crippen molar-refractivity contribution < 1.29 is 15.3 Å². The van der Waals surface area contributed by atoms with Gasteiger partial charge in [0.2, 0.25) is 0 Å². The van der Waals surface area contributed by atoms with Gasteiger partial charge >= 0.3 is 0 Å². The van der Waals surface area contributed by atoms with Gasteiger partial charge in [0.1, 0.15) is 17.2 Å². The second kappa shape index (κ2) is 8.59. The van der Waals surface area contributed by atoms with Crippen LogP contribution in [0.3, 0.4) is 0 Å². The summed E-state index contributed by atoms with van der Waals surface area (Å²) >= 11 is 0. The molecular weight excluding hydrogens is 336 g/mol. The topological polar surface area (TPSA) is 60.7 Å². The third-order valence-electron chi connectivity index (χ3n) is 4.04. The Kier molecular flexibility index (Phi) is 5.75. The maximum absolute atomic E-state index is 9.11. The molecule has 0 aliphatic carbocycles. The summed E-state index contributed by atoms with van der Waals surface area (Å²) in [7, 11) is 0. The van der Waals surface area contributed by atoms with Crippen molar-refractivity contribution in [3.05, 3.63) is 103 Å². The van der Waals surface area contributed by atoms with E-state index in [1.807, 2.05) is 66.7 Å². The largest absolute Gasteiger partial charge is 0.508 e. The molecule has 0 unspecified atom stereocenters. The molecule has 0 bridgehead atoms. The normalized spacial score (nSPS) is 9.93. The number of phenols is 3. The number of aromatic hydroxyl groups is 3. The summed E-state index contributed by atoms with van der Waals surface area (Å²) in [5.74, 6) is 0.819. The molecule has 3 heteroatoms. The van der Waals surface area contributed by atoms with Gasteiger partial charge in [0, 0.05) is 0 Å². The molecule has 0 aliphatic heterocycles. The standard InChI is InChI=1S/C12H10O2.C12H10O/c13-11-5-1-9(2-6-11)10-3-7-12(14)8-4-10;13-12-8-6-11(7-9-12)10-4-2-1-3-5-10/h1-8,13-14H;1-9,13H. The van der Waals surface area contributed by atoms with Crippen molar-refractivity contribution >= 4 is 0 Å². The highest BCUT2D eigenvalue weighted by Crippen LogP contribution is 2.23. The summed E-state index contributed by atoms with van der Waals surface area (Å²) in [6, 6.07) is 31.2. The summed E-state index contributed by atoms with van der Waals surface area (Å²) in [6.07, 6.45) is 0. The van der Waals surface area contributed by atoms with Crippen LogP contribution in [0.15, 0.2) is 103 Å². The van der Waals surface area contributed by atoms with E-state index in [-0.39, 0.29) is 11.5 Å². The zero-order valence-electron chi connectivity index (χ0n) is 14.7. The maximum Gasteiger partial charge on any atom is 0.115 e. The van der Waals surface area contributed by atoms with Gasteiger partial charge < -0.3 is 15.3 Å². The van der Waals surface area contributed by atoms with Crippen molar-refractivity contribution in [3.63, 3.8) is 0 Å². The van der Waals surface area contributed by atoms with E-state index in [1.54, 1.807) is 36.4 Å². The molecule has 0 saturated heterocycles. The average Bonchev–Trinajstić information content (AvgIpc) is 2.71. The number of benzene rings is 4. The number of hydrogen-bond donors (Lipinski definition) is 3. The predicted octanol–water partition coefficient (Wildman–Crippen LogP) is 5.82. The Morgan fingerprint density at radius 2 is 0.556 bits per heavy atom. The van der Waals surface area contributed by atoms with Crippen LogP contribution >= 0.6 is 0 Å². The Morgan fingerprint density at radius 3 is 0.852 bits per heavy atom. The van der Waals surface area contributed by atoms with E-state index < -0.39 is 0 Å². The van der Waals surface area contributed by atoms with Gasteiger partial charge in [-0.1, -0.05) is 66.7 Å². The average molecular weight is 356 g/mol. The Morgan fingerprint density at radius 1 is 0.296 bits per heavy atom. The van der Waals surface area contributed by atoms with Gasteiger partial charge in [0.15, 0.2) is 0 Å². The highest BCUT2D eigenvalue weighted by Gasteiger charge is 1.97. The van der Waals surface area contributed by atoms with Crippen LogP contribution in [0.25, 0.3) is 22.3 Å². The molecule has 0 atom stereocenters. The van der Waals surface area contributed by atoms with Gasteiger partial charge in [-0.3, -0.25) is 0 Å². The first-order valence-corrected chi connectivity index (χ1v) is 8.55. The predicted molar refractivity (Wildman–Crippen MR) is 109 cm³/mol. The first-order valence-electron chi connectivity index (χ1n) is 8.55. The third-order valence-corrected chi connectivity index (χ3v) is 4.04. The summed E-state index contributed by atoms with van der Waals surface area (Å²) in [5, 5.41) is 27.3. The molecule has 0 fully saturated rings. The van der Waals surface area contributed by atoms with E-state index in [1.165, 1.54) is 5.56 Å². The summed E-state index contributed by atoms with van der Waals surface area (Å²) in [5.41, 5.74) is 4.33. The first-order chi connectivity index (χ1) is 13.1. The lowest BCUT2D eigenvalue weighted by atomic mass is 10.1. The molecule has 134 valence electrons. The fourth-order valence-electron chi connectivity index (χ4n) is 2.59. The second-order valence-electron chi connectivity index (χ2n) is 6.01. The Labute approximate surface area is 158 Å². The molecule has 0 amide bonds. The smallest absolute Gasteiger partial charge is 0.115 e. The fourth-order valence-corrected chi connectivity index (χ4v) is 2.59. The van der Waals surface area contributed by atoms with Crippen molar-refractivity contribution in [2.24, 2.45) is 0 Å². The zero-order chi connectivity index (χ0) is 19.1. The Bertz CT molecular complexity index is 915. The van der Waals surface area contributed by atoms with Gasteiger partial charge in [-0.2, -0.15) is 0 Å². The van der Waals surface area contributed by atoms with E-state index in [0.29, 0.717) is 5.75 Å². The zero-order valence-corrected chi connectivity index (χ0v) is 14.7. The van der Waals surface area contributed by atoms with Crippen molar-refractivity contribution in [2.45, 2.75) is 0 Å². The van der Waals surface area contributed by atoms with Crippen molar-refractivity contribution in [3.8, 4) is 39.5 Å². The van der Waals surface area contributed by atoms with Gasteiger partial charge in [-0.25, -0.2) is 0 Å². The van der Waals surface area contributed by atoms with E-state index in [4.69, 9.17) is 15.3 Å². The fraction of sp³-hybridized carbons (Fsp3) is 0. The maximum atomic E-state index is 9.11. The van der Waals surface area contributed by atoms with Crippen LogP contribution in [0.2, 0.25) is 0 Å². The van der Waals surface area contributed by atoms with Crippen LogP contribution in [0.4, 0.5) is 0 Å². The van der Waals surface area contributed by atoms with Gasteiger partial charge in [0.25, 0.3) is 0 Å². The molecule has 27 heavy (non-hydrogen) atoms. The van der Waals surface area contributed by atoms with Crippen LogP contribution in [0, 0.1) is 0 Å². The molecule has 3 nitrogen and oxygen atoms in total. The van der Waals surface area contributed by atoms with Gasteiger partial charge in [-0.15, -0.1) is 0 Å². The lowest BCUT2D eigenvalue weighted by molar-refractivity contribution is 0.474. The molecule has 0 spiro atoms. The number of phenolic OH excluding ortho intramolecular Hbond substituents is 3. The molecule has 0 aliphatic rings. The molecule has 4 aromatic carbocycles. The van der Waals surface area contributed by atoms with E-state index >= 15 is 0 Å². The Hall–Kier alpha value is -3.72. The van der Waals surface area contributed by atoms with Crippen molar-refractivity contribution in [2.75, 3.05) is 0 Å². The minimum atomic E-state index is 0.257. The Balaban J connectivity index is 0.000000156. The summed E-state index contributed by atoms with van der Waals surface area (Å²) in [6.45, 7) is 0. The second-order valence-corrected chi connectivity index (χ2v) is 6.01. The molecule has 0 aromatic heterocycles. The summed E-state index contributed by atoms with van der Waals surface area (Å²) in [4.78, 5) is 0. The van der Waals surface area contributed by atoms with Crippen LogP contribution in [0.5, 0.6) is 17.2 Å². The lowest BCUT2D eigenvalue weighted by Crippen LogP contribution is -1.75. The highest BCUT2D eigenvalue weighted by molar-refractivity contribution is 5.65. The van der Waals surface area contributed by atoms with Gasteiger partial charge in [-0.05, 0) is 58.7 Å². The van der Waals surface area contributed by atoms with Crippen LogP contribution < -0.4 is 0 Å². The molecule has 0 heterocycles. The molecule has 0 radical (unpaired) electrons. The number of hydrogen-bond acceptors (Lipinski definition) is 3.